The van der Waals surface area contributed by atoms with Crippen LogP contribution in [0.25, 0.3) is 0 Å². The van der Waals surface area contributed by atoms with Crippen molar-refractivity contribution in [1.82, 2.24) is 4.57 Å². The van der Waals surface area contributed by atoms with E-state index in [4.69, 9.17) is 28.4 Å². The van der Waals surface area contributed by atoms with Gasteiger partial charge in [0.2, 0.25) is 0 Å². The Hall–Kier alpha value is -3.04. The standard InChI is InChI=1S/C21H25NO8/c1-25-20(23)16-18-19(30-13-11-28-9-8-27-10-12-29-18)17(21(24)26-2)22(16)14-15-6-4-3-5-7-15/h3-7H,8-14H2,1-2H3. The number of hydrogen-bond acceptors (Lipinski definition) is 8. The van der Waals surface area contributed by atoms with Crippen LogP contribution in [0.4, 0.5) is 0 Å². The van der Waals surface area contributed by atoms with Crippen molar-refractivity contribution in [3.8, 4) is 11.5 Å². The number of benzene rings is 1. The quantitative estimate of drug-likeness (QED) is 0.694. The van der Waals surface area contributed by atoms with E-state index in [-0.39, 0.29) is 55.9 Å². The lowest BCUT2D eigenvalue weighted by atomic mass is 10.2. The highest BCUT2D eigenvalue weighted by Gasteiger charge is 2.34. The molecule has 0 saturated carbocycles. The van der Waals surface area contributed by atoms with Crippen LogP contribution in [-0.4, -0.2) is 70.4 Å². The fourth-order valence-corrected chi connectivity index (χ4v) is 3.09. The summed E-state index contributed by atoms with van der Waals surface area (Å²) in [7, 11) is 2.53. The summed E-state index contributed by atoms with van der Waals surface area (Å²) >= 11 is 0. The summed E-state index contributed by atoms with van der Waals surface area (Å²) < 4.78 is 34.0. The van der Waals surface area contributed by atoms with Gasteiger partial charge in [-0.3, -0.25) is 0 Å². The van der Waals surface area contributed by atoms with Gasteiger partial charge in [0.1, 0.15) is 13.2 Å². The second-order valence-corrected chi connectivity index (χ2v) is 6.33. The van der Waals surface area contributed by atoms with Gasteiger partial charge in [-0.25, -0.2) is 9.59 Å². The summed E-state index contributed by atoms with van der Waals surface area (Å²) in [4.78, 5) is 25.4. The summed E-state index contributed by atoms with van der Waals surface area (Å²) in [6.45, 7) is 1.90. The highest BCUT2D eigenvalue weighted by atomic mass is 16.6. The van der Waals surface area contributed by atoms with E-state index in [1.165, 1.54) is 18.8 Å². The van der Waals surface area contributed by atoms with E-state index < -0.39 is 11.9 Å². The molecule has 1 aliphatic heterocycles. The predicted octanol–water partition coefficient (Wildman–Crippen LogP) is 1.91. The third-order valence-electron chi connectivity index (χ3n) is 4.44. The lowest BCUT2D eigenvalue weighted by molar-refractivity contribution is 0.0218. The minimum Gasteiger partial charge on any atom is -0.485 e. The third-order valence-corrected chi connectivity index (χ3v) is 4.44. The molecule has 0 radical (unpaired) electrons. The smallest absolute Gasteiger partial charge is 0.358 e. The topological polar surface area (TPSA) is 94.5 Å². The average Bonchev–Trinajstić information content (AvgIpc) is 3.06. The first-order chi connectivity index (χ1) is 14.7. The molecule has 2 heterocycles. The first kappa shape index (κ1) is 21.7. The summed E-state index contributed by atoms with van der Waals surface area (Å²) in [6, 6.07) is 9.38. The Morgan fingerprint density at radius 2 is 1.27 bits per heavy atom. The number of hydrogen-bond donors (Lipinski definition) is 0. The molecule has 30 heavy (non-hydrogen) atoms. The van der Waals surface area contributed by atoms with Crippen LogP contribution in [0.2, 0.25) is 0 Å². The van der Waals surface area contributed by atoms with Crippen molar-refractivity contribution >= 4 is 11.9 Å². The lowest BCUT2D eigenvalue weighted by Gasteiger charge is -2.13. The molecule has 3 rings (SSSR count). The van der Waals surface area contributed by atoms with Gasteiger partial charge in [0.15, 0.2) is 22.9 Å². The zero-order chi connectivity index (χ0) is 21.3. The Morgan fingerprint density at radius 3 is 1.73 bits per heavy atom. The molecule has 162 valence electrons. The summed E-state index contributed by atoms with van der Waals surface area (Å²) in [6.07, 6.45) is 0. The number of esters is 2. The van der Waals surface area contributed by atoms with Crippen LogP contribution in [0.5, 0.6) is 11.5 Å². The maximum atomic E-state index is 12.7. The fraction of sp³-hybridized carbons (Fsp3) is 0.429. The van der Waals surface area contributed by atoms with E-state index >= 15 is 0 Å². The van der Waals surface area contributed by atoms with Gasteiger partial charge >= 0.3 is 11.9 Å². The largest absolute Gasteiger partial charge is 0.485 e. The van der Waals surface area contributed by atoms with Gasteiger partial charge in [0, 0.05) is 6.54 Å². The van der Waals surface area contributed by atoms with Crippen LogP contribution in [0.15, 0.2) is 30.3 Å². The van der Waals surface area contributed by atoms with Crippen LogP contribution in [-0.2, 0) is 25.5 Å². The Bertz CT molecular complexity index is 812. The SMILES string of the molecule is COC(=O)c1c2c(c(C(=O)OC)n1Cc1ccccc1)OCCOCCOCCO2. The van der Waals surface area contributed by atoms with Crippen molar-refractivity contribution in [3.05, 3.63) is 47.3 Å². The lowest BCUT2D eigenvalue weighted by Crippen LogP contribution is -2.18. The molecule has 0 unspecified atom stereocenters. The normalized spacial score (nSPS) is 14.9. The highest BCUT2D eigenvalue weighted by Crippen LogP contribution is 2.40. The van der Waals surface area contributed by atoms with E-state index in [2.05, 4.69) is 0 Å². The van der Waals surface area contributed by atoms with Crippen molar-refractivity contribution < 1.29 is 38.0 Å². The Labute approximate surface area is 174 Å². The number of aromatic nitrogens is 1. The third kappa shape index (κ3) is 4.92. The molecule has 0 spiro atoms. The monoisotopic (exact) mass is 419 g/mol. The summed E-state index contributed by atoms with van der Waals surface area (Å²) in [5.74, 6) is -1.10. The number of rotatable bonds is 4. The number of nitrogens with zero attached hydrogens (tertiary/aromatic N) is 1. The van der Waals surface area contributed by atoms with Gasteiger partial charge in [-0.1, -0.05) is 30.3 Å². The van der Waals surface area contributed by atoms with E-state index in [0.717, 1.165) is 5.56 Å². The van der Waals surface area contributed by atoms with E-state index in [0.29, 0.717) is 13.2 Å². The minimum atomic E-state index is -0.662. The minimum absolute atomic E-state index is 0.0646. The van der Waals surface area contributed by atoms with Gasteiger partial charge in [-0.15, -0.1) is 0 Å². The Kier molecular flexibility index (Phi) is 7.69. The molecule has 1 aromatic heterocycles. The zero-order valence-electron chi connectivity index (χ0n) is 17.0. The van der Waals surface area contributed by atoms with E-state index in [9.17, 15) is 9.59 Å². The molecule has 9 nitrogen and oxygen atoms in total. The van der Waals surface area contributed by atoms with Gasteiger partial charge in [-0.05, 0) is 5.56 Å². The summed E-state index contributed by atoms with van der Waals surface area (Å²) in [5, 5.41) is 0. The molecule has 0 N–H and O–H groups in total. The van der Waals surface area contributed by atoms with E-state index in [1.807, 2.05) is 30.3 Å². The number of methoxy groups -OCH3 is 2. The number of fused-ring (bicyclic) bond motifs is 1. The predicted molar refractivity (Wildman–Crippen MR) is 105 cm³/mol. The average molecular weight is 419 g/mol. The van der Waals surface area contributed by atoms with Gasteiger partial charge < -0.3 is 33.0 Å². The second-order valence-electron chi connectivity index (χ2n) is 6.33. The van der Waals surface area contributed by atoms with Crippen LogP contribution in [0.1, 0.15) is 26.5 Å². The summed E-state index contributed by atoms with van der Waals surface area (Å²) in [5.41, 5.74) is 0.995. The van der Waals surface area contributed by atoms with Gasteiger partial charge in [0.25, 0.3) is 0 Å². The van der Waals surface area contributed by atoms with Crippen molar-refractivity contribution in [3.63, 3.8) is 0 Å². The molecule has 0 amide bonds. The second kappa shape index (κ2) is 10.7. The first-order valence-electron chi connectivity index (χ1n) is 9.55. The molecule has 0 aliphatic carbocycles. The van der Waals surface area contributed by atoms with Crippen LogP contribution >= 0.6 is 0 Å². The van der Waals surface area contributed by atoms with Crippen molar-refractivity contribution in [1.29, 1.82) is 0 Å². The number of carbonyl (C=O) groups excluding carboxylic acids is 2. The maximum Gasteiger partial charge on any atom is 0.358 e. The van der Waals surface area contributed by atoms with Crippen LogP contribution in [0.3, 0.4) is 0 Å². The molecule has 1 aliphatic rings. The van der Waals surface area contributed by atoms with Crippen molar-refractivity contribution in [2.75, 3.05) is 53.9 Å². The number of carbonyl (C=O) groups is 2. The molecule has 0 bridgehead atoms. The van der Waals surface area contributed by atoms with Gasteiger partial charge in [-0.2, -0.15) is 0 Å². The van der Waals surface area contributed by atoms with Gasteiger partial charge in [0.05, 0.1) is 40.6 Å². The molecular weight excluding hydrogens is 394 g/mol. The highest BCUT2D eigenvalue weighted by molar-refractivity contribution is 5.99. The molecular formula is C21H25NO8. The van der Waals surface area contributed by atoms with Crippen molar-refractivity contribution in [2.24, 2.45) is 0 Å². The fourth-order valence-electron chi connectivity index (χ4n) is 3.09. The molecule has 2 aromatic rings. The number of ether oxygens (including phenoxy) is 6. The maximum absolute atomic E-state index is 12.7. The first-order valence-corrected chi connectivity index (χ1v) is 9.55. The zero-order valence-corrected chi connectivity index (χ0v) is 17.0. The molecule has 0 fully saturated rings. The Morgan fingerprint density at radius 1 is 0.800 bits per heavy atom. The van der Waals surface area contributed by atoms with Crippen LogP contribution in [0, 0.1) is 0 Å². The van der Waals surface area contributed by atoms with Crippen molar-refractivity contribution in [2.45, 2.75) is 6.54 Å². The Balaban J connectivity index is 2.15. The molecule has 9 heteroatoms. The molecule has 0 atom stereocenters. The molecule has 1 aromatic carbocycles. The van der Waals surface area contributed by atoms with Crippen LogP contribution < -0.4 is 9.47 Å². The molecule has 0 saturated heterocycles. The van der Waals surface area contributed by atoms with E-state index in [1.54, 1.807) is 0 Å².